The third-order valence-corrected chi connectivity index (χ3v) is 12.8. The highest BCUT2D eigenvalue weighted by molar-refractivity contribution is 6.36. The number of hydrogen-bond acceptors (Lipinski definition) is 3. The van der Waals surface area contributed by atoms with Crippen LogP contribution in [0.25, 0.3) is 132 Å². The van der Waals surface area contributed by atoms with Gasteiger partial charge in [0.05, 0.1) is 27.6 Å². The number of nitrogens with zero attached hydrogens (tertiary/aromatic N) is 4. The average Bonchev–Trinajstić information content (AvgIpc) is 4.06. The highest BCUT2D eigenvalue weighted by Gasteiger charge is 2.25. The van der Waals surface area contributed by atoms with Gasteiger partial charge in [0.15, 0.2) is 11.4 Å². The molecule has 14 rings (SSSR count). The standard InChI is InChI=1S/C56H32N4O/c1-2-12-33(13-3-1)34-22-24-35(25-23-34)52-55-53(42-18-8-11-21-49(42)61-55)58-56(57-52)36-26-28-39(29-27-36)59-47-31-38-15-5-4-14-37(38)30-44(47)50-48(59)32-43-40-16-6-9-19-45(40)60-46-20-10-7-17-41(46)51(50)54(43)60/h1-32H. The van der Waals surface area contributed by atoms with Gasteiger partial charge in [-0.1, -0.05) is 127 Å². The van der Waals surface area contributed by atoms with Gasteiger partial charge in [-0.2, -0.15) is 0 Å². The van der Waals surface area contributed by atoms with Crippen LogP contribution < -0.4 is 0 Å². The molecule has 5 heteroatoms. The minimum absolute atomic E-state index is 0.653. The number of rotatable bonds is 4. The van der Waals surface area contributed by atoms with Gasteiger partial charge in [-0.05, 0) is 88.6 Å². The lowest BCUT2D eigenvalue weighted by atomic mass is 10.0. The zero-order valence-electron chi connectivity index (χ0n) is 32.7. The van der Waals surface area contributed by atoms with Crippen LogP contribution in [0.5, 0.6) is 0 Å². The molecular weight excluding hydrogens is 745 g/mol. The molecule has 0 saturated carbocycles. The largest absolute Gasteiger partial charge is 0.452 e. The maximum absolute atomic E-state index is 6.49. The van der Waals surface area contributed by atoms with Gasteiger partial charge in [-0.25, -0.2) is 9.97 Å². The third-order valence-electron chi connectivity index (χ3n) is 12.8. The maximum Gasteiger partial charge on any atom is 0.180 e. The van der Waals surface area contributed by atoms with E-state index in [0.717, 1.165) is 44.6 Å². The summed E-state index contributed by atoms with van der Waals surface area (Å²) in [6.45, 7) is 0. The van der Waals surface area contributed by atoms with Crippen LogP contribution in [0, 0.1) is 0 Å². The van der Waals surface area contributed by atoms with E-state index in [-0.39, 0.29) is 0 Å². The van der Waals surface area contributed by atoms with Crippen molar-refractivity contribution < 1.29 is 4.42 Å². The van der Waals surface area contributed by atoms with Crippen molar-refractivity contribution in [3.8, 4) is 39.5 Å². The molecule has 0 aliphatic heterocycles. The molecule has 0 radical (unpaired) electrons. The predicted octanol–water partition coefficient (Wildman–Crippen LogP) is 14.8. The lowest BCUT2D eigenvalue weighted by Gasteiger charge is -2.11. The van der Waals surface area contributed by atoms with E-state index in [1.165, 1.54) is 76.2 Å². The first-order chi connectivity index (χ1) is 30.2. The number of benzene rings is 9. The quantitative estimate of drug-likeness (QED) is 0.179. The summed E-state index contributed by atoms with van der Waals surface area (Å²) < 4.78 is 11.4. The van der Waals surface area contributed by atoms with Crippen molar-refractivity contribution in [2.75, 3.05) is 0 Å². The molecule has 0 unspecified atom stereocenters. The van der Waals surface area contributed by atoms with Gasteiger partial charge in [0, 0.05) is 54.5 Å². The second kappa shape index (κ2) is 12.1. The maximum atomic E-state index is 6.49. The normalized spacial score (nSPS) is 12.3. The molecule has 282 valence electrons. The van der Waals surface area contributed by atoms with E-state index in [1.54, 1.807) is 0 Å². The van der Waals surface area contributed by atoms with Crippen molar-refractivity contribution in [2.24, 2.45) is 0 Å². The van der Waals surface area contributed by atoms with Gasteiger partial charge in [-0.3, -0.25) is 0 Å². The fourth-order valence-corrected chi connectivity index (χ4v) is 10.1. The first-order valence-electron chi connectivity index (χ1n) is 20.7. The molecule has 14 aromatic rings. The molecule has 0 spiro atoms. The number of para-hydroxylation sites is 3. The van der Waals surface area contributed by atoms with Crippen molar-refractivity contribution >= 4 is 92.7 Å². The molecule has 0 saturated heterocycles. The van der Waals surface area contributed by atoms with E-state index in [1.807, 2.05) is 24.3 Å². The van der Waals surface area contributed by atoms with Crippen LogP contribution in [-0.2, 0) is 0 Å². The molecule has 5 aromatic heterocycles. The van der Waals surface area contributed by atoms with Gasteiger partial charge in [0.1, 0.15) is 16.8 Å². The Labute approximate surface area is 348 Å². The Balaban J connectivity index is 1.00. The Morgan fingerprint density at radius 1 is 0.393 bits per heavy atom. The Hall–Kier alpha value is -8.28. The summed E-state index contributed by atoms with van der Waals surface area (Å²) in [5, 5.41) is 11.0. The summed E-state index contributed by atoms with van der Waals surface area (Å²) in [5.74, 6) is 0.653. The number of aromatic nitrogens is 4. The molecule has 0 aliphatic carbocycles. The Morgan fingerprint density at radius 2 is 1.02 bits per heavy atom. The van der Waals surface area contributed by atoms with E-state index in [0.29, 0.717) is 11.4 Å². The first kappa shape index (κ1) is 32.7. The number of fused-ring (bicyclic) bond motifs is 14. The van der Waals surface area contributed by atoms with Crippen LogP contribution in [0.4, 0.5) is 0 Å². The van der Waals surface area contributed by atoms with Crippen LogP contribution in [-0.4, -0.2) is 18.9 Å². The van der Waals surface area contributed by atoms with Gasteiger partial charge in [0.25, 0.3) is 0 Å². The van der Waals surface area contributed by atoms with Crippen LogP contribution >= 0.6 is 0 Å². The molecule has 5 heterocycles. The zero-order chi connectivity index (χ0) is 39.8. The molecule has 9 aromatic carbocycles. The fourth-order valence-electron chi connectivity index (χ4n) is 10.1. The molecule has 5 nitrogen and oxygen atoms in total. The van der Waals surface area contributed by atoms with E-state index in [4.69, 9.17) is 14.4 Å². The minimum Gasteiger partial charge on any atom is -0.452 e. The van der Waals surface area contributed by atoms with Crippen molar-refractivity contribution in [3.05, 3.63) is 194 Å². The molecule has 0 N–H and O–H groups in total. The summed E-state index contributed by atoms with van der Waals surface area (Å²) in [4.78, 5) is 10.5. The van der Waals surface area contributed by atoms with Gasteiger partial charge in [0.2, 0.25) is 0 Å². The highest BCUT2D eigenvalue weighted by atomic mass is 16.3. The SMILES string of the molecule is c1ccc(-c2ccc(-c3nc(-c4ccc(-n5c6cc7ccccc7cc6c6c7c8ccccc8n8c9ccccc9c(cc65)c78)cc4)nc4c3oc3ccccc34)cc2)cc1. The summed E-state index contributed by atoms with van der Waals surface area (Å²) in [6, 6.07) is 69.5. The Kier molecular flexibility index (Phi) is 6.49. The van der Waals surface area contributed by atoms with Crippen molar-refractivity contribution in [1.29, 1.82) is 0 Å². The van der Waals surface area contributed by atoms with Gasteiger partial charge >= 0.3 is 0 Å². The molecule has 0 fully saturated rings. The molecule has 61 heavy (non-hydrogen) atoms. The lowest BCUT2D eigenvalue weighted by Crippen LogP contribution is -1.96. The summed E-state index contributed by atoms with van der Waals surface area (Å²) >= 11 is 0. The van der Waals surface area contributed by atoms with Crippen molar-refractivity contribution in [1.82, 2.24) is 18.9 Å². The first-order valence-corrected chi connectivity index (χ1v) is 20.7. The third kappa shape index (κ3) is 4.55. The van der Waals surface area contributed by atoms with Crippen LogP contribution in [0.3, 0.4) is 0 Å². The molecule has 0 aliphatic rings. The topological polar surface area (TPSA) is 48.3 Å². The molecule has 0 atom stereocenters. The Bertz CT molecular complexity index is 4080. The second-order valence-corrected chi connectivity index (χ2v) is 16.1. The highest BCUT2D eigenvalue weighted by Crippen LogP contribution is 2.47. The van der Waals surface area contributed by atoms with Gasteiger partial charge < -0.3 is 13.4 Å². The van der Waals surface area contributed by atoms with E-state index in [9.17, 15) is 0 Å². The fraction of sp³-hybridized carbons (Fsp3) is 0. The smallest absolute Gasteiger partial charge is 0.180 e. The van der Waals surface area contributed by atoms with Crippen LogP contribution in [0.2, 0.25) is 0 Å². The Morgan fingerprint density at radius 3 is 1.82 bits per heavy atom. The van der Waals surface area contributed by atoms with Gasteiger partial charge in [-0.15, -0.1) is 0 Å². The summed E-state index contributed by atoms with van der Waals surface area (Å²) in [5.41, 5.74) is 14.5. The molecular formula is C56H32N4O. The minimum atomic E-state index is 0.653. The van der Waals surface area contributed by atoms with Crippen LogP contribution in [0.1, 0.15) is 0 Å². The van der Waals surface area contributed by atoms with Crippen molar-refractivity contribution in [2.45, 2.75) is 0 Å². The van der Waals surface area contributed by atoms with E-state index < -0.39 is 0 Å². The summed E-state index contributed by atoms with van der Waals surface area (Å²) in [6.07, 6.45) is 0. The lowest BCUT2D eigenvalue weighted by molar-refractivity contribution is 0.667. The van der Waals surface area contributed by atoms with Crippen LogP contribution in [0.15, 0.2) is 199 Å². The molecule has 0 amide bonds. The zero-order valence-corrected chi connectivity index (χ0v) is 32.7. The van der Waals surface area contributed by atoms with E-state index >= 15 is 0 Å². The average molecular weight is 777 g/mol. The summed E-state index contributed by atoms with van der Waals surface area (Å²) in [7, 11) is 0. The monoisotopic (exact) mass is 776 g/mol. The molecule has 0 bridgehead atoms. The second-order valence-electron chi connectivity index (χ2n) is 16.1. The van der Waals surface area contributed by atoms with E-state index in [2.05, 4.69) is 179 Å². The number of furan rings is 1. The number of hydrogen-bond donors (Lipinski definition) is 0. The van der Waals surface area contributed by atoms with Crippen molar-refractivity contribution in [3.63, 3.8) is 0 Å². The predicted molar refractivity (Wildman–Crippen MR) is 252 cm³/mol.